The maximum Gasteiger partial charge on any atom is 0.282 e. The van der Waals surface area contributed by atoms with Gasteiger partial charge in [-0.05, 0) is 45.7 Å². The summed E-state index contributed by atoms with van der Waals surface area (Å²) in [4.78, 5) is 31.7. The van der Waals surface area contributed by atoms with Crippen molar-refractivity contribution in [2.24, 2.45) is 0 Å². The summed E-state index contributed by atoms with van der Waals surface area (Å²) in [6.07, 6.45) is 6.97. The number of hydrogen-bond donors (Lipinski definition) is 1. The van der Waals surface area contributed by atoms with Crippen molar-refractivity contribution in [2.75, 3.05) is 4.90 Å². The number of ether oxygens (including phenoxy) is 1. The van der Waals surface area contributed by atoms with Gasteiger partial charge in [0.25, 0.3) is 17.4 Å². The number of aromatic nitrogens is 1. The molecule has 0 saturated heterocycles. The Morgan fingerprint density at radius 1 is 1.38 bits per heavy atom. The number of hydrogen-bond acceptors (Lipinski definition) is 4. The van der Waals surface area contributed by atoms with Crippen molar-refractivity contribution in [3.05, 3.63) is 18.3 Å². The molecule has 0 spiro atoms. The van der Waals surface area contributed by atoms with Crippen molar-refractivity contribution in [2.45, 2.75) is 70.6 Å². The van der Waals surface area contributed by atoms with Crippen molar-refractivity contribution < 1.29 is 14.3 Å². The van der Waals surface area contributed by atoms with Crippen LogP contribution >= 0.6 is 0 Å². The number of amides is 2. The molecule has 1 aliphatic heterocycles. The molecule has 2 aliphatic rings. The zero-order valence-electron chi connectivity index (χ0n) is 14.5. The van der Waals surface area contributed by atoms with Gasteiger partial charge < -0.3 is 10.1 Å². The van der Waals surface area contributed by atoms with Gasteiger partial charge in [-0.25, -0.2) is 4.98 Å². The van der Waals surface area contributed by atoms with Gasteiger partial charge in [-0.1, -0.05) is 19.3 Å². The van der Waals surface area contributed by atoms with E-state index >= 15 is 0 Å². The van der Waals surface area contributed by atoms with E-state index < -0.39 is 5.60 Å². The summed E-state index contributed by atoms with van der Waals surface area (Å²) >= 11 is 0. The molecule has 6 heteroatoms. The third-order valence-corrected chi connectivity index (χ3v) is 4.81. The van der Waals surface area contributed by atoms with Crippen LogP contribution in [0.1, 0.15) is 52.9 Å². The van der Waals surface area contributed by atoms with Crippen LogP contribution < -0.4 is 15.0 Å². The van der Waals surface area contributed by atoms with Crippen LogP contribution in [0.2, 0.25) is 0 Å². The van der Waals surface area contributed by atoms with Gasteiger partial charge in [-0.3, -0.25) is 14.5 Å². The summed E-state index contributed by atoms with van der Waals surface area (Å²) in [7, 11) is 0. The minimum Gasteiger partial charge on any atom is -0.464 e. The summed E-state index contributed by atoms with van der Waals surface area (Å²) in [5.41, 5.74) is -1.56. The first-order chi connectivity index (χ1) is 11.4. The number of fused-ring (bicyclic) bond motifs is 1. The molecule has 1 aromatic heterocycles. The van der Waals surface area contributed by atoms with Crippen molar-refractivity contribution >= 4 is 17.6 Å². The Morgan fingerprint density at radius 3 is 2.75 bits per heavy atom. The van der Waals surface area contributed by atoms with Crippen LogP contribution in [-0.2, 0) is 9.59 Å². The molecule has 1 aliphatic carbocycles. The minimum absolute atomic E-state index is 0.114. The van der Waals surface area contributed by atoms with Crippen molar-refractivity contribution in [1.82, 2.24) is 10.3 Å². The van der Waals surface area contributed by atoms with E-state index in [-0.39, 0.29) is 23.9 Å². The predicted octanol–water partition coefficient (Wildman–Crippen LogP) is 2.42. The van der Waals surface area contributed by atoms with Gasteiger partial charge in [0.05, 0.1) is 0 Å². The summed E-state index contributed by atoms with van der Waals surface area (Å²) < 4.78 is 5.85. The van der Waals surface area contributed by atoms with Gasteiger partial charge in [0.2, 0.25) is 0 Å². The number of carbonyl (C=O) groups is 2. The van der Waals surface area contributed by atoms with E-state index in [1.54, 1.807) is 30.2 Å². The fourth-order valence-electron chi connectivity index (χ4n) is 3.42. The standard InChI is InChI=1S/C18H25N3O3/c1-12(2)21-15-14(10-7-11-19-15)24-18(3,17(21)23)16(22)20-13-8-5-4-6-9-13/h7,10-13H,4-6,8-9H2,1-3H3,(H,20,22)/t18-/m0/s1. The average molecular weight is 331 g/mol. The van der Waals surface area contributed by atoms with Crippen LogP contribution in [0, 0.1) is 0 Å². The first-order valence-electron chi connectivity index (χ1n) is 8.72. The molecule has 1 N–H and O–H groups in total. The molecule has 1 saturated carbocycles. The van der Waals surface area contributed by atoms with Gasteiger partial charge in [-0.15, -0.1) is 0 Å². The van der Waals surface area contributed by atoms with Gasteiger partial charge >= 0.3 is 0 Å². The molecule has 2 amide bonds. The smallest absolute Gasteiger partial charge is 0.282 e. The highest BCUT2D eigenvalue weighted by Gasteiger charge is 2.52. The van der Waals surface area contributed by atoms with E-state index in [2.05, 4.69) is 10.3 Å². The van der Waals surface area contributed by atoms with E-state index in [4.69, 9.17) is 4.74 Å². The van der Waals surface area contributed by atoms with E-state index in [0.29, 0.717) is 11.6 Å². The van der Waals surface area contributed by atoms with E-state index in [0.717, 1.165) is 25.7 Å². The molecule has 24 heavy (non-hydrogen) atoms. The number of nitrogens with zero attached hydrogens (tertiary/aromatic N) is 2. The number of rotatable bonds is 3. The fourth-order valence-corrected chi connectivity index (χ4v) is 3.42. The van der Waals surface area contributed by atoms with E-state index in [1.165, 1.54) is 6.42 Å². The third kappa shape index (κ3) is 2.85. The fraction of sp³-hybridized carbons (Fsp3) is 0.611. The van der Waals surface area contributed by atoms with Crippen molar-refractivity contribution in [1.29, 1.82) is 0 Å². The molecule has 0 bridgehead atoms. The molecular formula is C18H25N3O3. The highest BCUT2D eigenvalue weighted by atomic mass is 16.5. The lowest BCUT2D eigenvalue weighted by atomic mass is 9.93. The highest BCUT2D eigenvalue weighted by molar-refractivity contribution is 6.16. The number of carbonyl (C=O) groups excluding carboxylic acids is 2. The Labute approximate surface area is 142 Å². The summed E-state index contributed by atoms with van der Waals surface area (Å²) in [6.45, 7) is 5.36. The molecule has 0 unspecified atom stereocenters. The second-order valence-corrected chi connectivity index (χ2v) is 7.04. The third-order valence-electron chi connectivity index (χ3n) is 4.81. The molecule has 1 fully saturated rings. The van der Waals surface area contributed by atoms with Crippen molar-refractivity contribution in [3.63, 3.8) is 0 Å². The van der Waals surface area contributed by atoms with Crippen LogP contribution in [0.25, 0.3) is 0 Å². The van der Waals surface area contributed by atoms with Gasteiger partial charge in [0.1, 0.15) is 0 Å². The normalized spacial score (nSPS) is 24.5. The Balaban J connectivity index is 1.89. The first-order valence-corrected chi connectivity index (χ1v) is 8.72. The summed E-state index contributed by atoms with van der Waals surface area (Å²) in [5, 5.41) is 3.02. The molecule has 130 valence electrons. The molecule has 2 heterocycles. The lowest BCUT2D eigenvalue weighted by molar-refractivity contribution is -0.149. The van der Waals surface area contributed by atoms with Crippen LogP contribution in [0.4, 0.5) is 5.82 Å². The van der Waals surface area contributed by atoms with Crippen molar-refractivity contribution in [3.8, 4) is 5.75 Å². The second-order valence-electron chi connectivity index (χ2n) is 7.04. The molecule has 1 aromatic rings. The molecule has 1 atom stereocenters. The van der Waals surface area contributed by atoms with Crippen LogP contribution in [0.15, 0.2) is 18.3 Å². The Morgan fingerprint density at radius 2 is 2.08 bits per heavy atom. The van der Waals surface area contributed by atoms with E-state index in [1.807, 2.05) is 13.8 Å². The summed E-state index contributed by atoms with van der Waals surface area (Å²) in [6, 6.07) is 3.50. The maximum atomic E-state index is 13.0. The predicted molar refractivity (Wildman–Crippen MR) is 90.9 cm³/mol. The first kappa shape index (κ1) is 16.7. The molecule has 0 radical (unpaired) electrons. The van der Waals surface area contributed by atoms with Crippen LogP contribution in [-0.4, -0.2) is 34.5 Å². The topological polar surface area (TPSA) is 71.5 Å². The van der Waals surface area contributed by atoms with Crippen LogP contribution in [0.3, 0.4) is 0 Å². The Bertz CT molecular complexity index is 640. The zero-order chi connectivity index (χ0) is 17.3. The van der Waals surface area contributed by atoms with Gasteiger partial charge in [-0.2, -0.15) is 0 Å². The Hall–Kier alpha value is -2.11. The lowest BCUT2D eigenvalue weighted by Gasteiger charge is -2.41. The average Bonchev–Trinajstić information content (AvgIpc) is 2.56. The van der Waals surface area contributed by atoms with E-state index in [9.17, 15) is 9.59 Å². The highest BCUT2D eigenvalue weighted by Crippen LogP contribution is 2.37. The quantitative estimate of drug-likeness (QED) is 0.864. The zero-order valence-corrected chi connectivity index (χ0v) is 14.5. The number of pyridine rings is 1. The second kappa shape index (κ2) is 6.42. The molecule has 0 aromatic carbocycles. The SMILES string of the molecule is CC(C)N1C(=O)[C@](C)(C(=O)NC2CCCCC2)Oc2cccnc21. The maximum absolute atomic E-state index is 13.0. The number of anilines is 1. The molecular weight excluding hydrogens is 306 g/mol. The largest absolute Gasteiger partial charge is 0.464 e. The molecule has 6 nitrogen and oxygen atoms in total. The Kier molecular flexibility index (Phi) is 4.47. The monoisotopic (exact) mass is 331 g/mol. The van der Waals surface area contributed by atoms with Gasteiger partial charge in [0.15, 0.2) is 11.6 Å². The van der Waals surface area contributed by atoms with Gasteiger partial charge in [0, 0.05) is 18.3 Å². The van der Waals surface area contributed by atoms with Crippen LogP contribution in [0.5, 0.6) is 5.75 Å². The molecule has 3 rings (SSSR count). The number of nitrogens with one attached hydrogen (secondary N) is 1. The summed E-state index contributed by atoms with van der Waals surface area (Å²) in [5.74, 6) is 0.212. The lowest BCUT2D eigenvalue weighted by Crippen LogP contribution is -2.64. The minimum atomic E-state index is -1.56.